The van der Waals surface area contributed by atoms with Crippen LogP contribution in [-0.2, 0) is 4.74 Å². The summed E-state index contributed by atoms with van der Waals surface area (Å²) in [4.78, 5) is 9.13. The second kappa shape index (κ2) is 7.07. The number of rotatable bonds is 4. The minimum atomic E-state index is -0.0761. The average Bonchev–Trinajstić information content (AvgIpc) is 3.17. The molecule has 6 nitrogen and oxygen atoms in total. The van der Waals surface area contributed by atoms with Gasteiger partial charge in [-0.25, -0.2) is 9.97 Å². The number of aromatic nitrogens is 3. The topological polar surface area (TPSA) is 72.2 Å². The fourth-order valence-electron chi connectivity index (χ4n) is 3.93. The number of ether oxygens (including phenoxy) is 1. The monoisotopic (exact) mass is 330 g/mol. The van der Waals surface area contributed by atoms with Crippen LogP contribution in [0.3, 0.4) is 0 Å². The number of aliphatic hydroxyl groups excluding tert-OH is 1. The number of imidazole rings is 1. The molecule has 1 aliphatic heterocycles. The summed E-state index contributed by atoms with van der Waals surface area (Å²) in [6, 6.07) is 2.56. The molecule has 2 aliphatic rings. The number of nitrogens with one attached hydrogen (secondary N) is 1. The summed E-state index contributed by atoms with van der Waals surface area (Å²) in [5.41, 5.74) is 2.84. The van der Waals surface area contributed by atoms with E-state index < -0.39 is 0 Å². The van der Waals surface area contributed by atoms with E-state index in [1.807, 2.05) is 23.2 Å². The number of hydrogen-bond acceptors (Lipinski definition) is 5. The van der Waals surface area contributed by atoms with Crippen LogP contribution in [0.1, 0.15) is 57.6 Å². The Morgan fingerprint density at radius 2 is 1.96 bits per heavy atom. The van der Waals surface area contributed by atoms with Gasteiger partial charge in [0.1, 0.15) is 11.7 Å². The van der Waals surface area contributed by atoms with Gasteiger partial charge < -0.3 is 15.2 Å². The lowest BCUT2D eigenvalue weighted by Crippen LogP contribution is -2.18. The first-order valence-corrected chi connectivity index (χ1v) is 9.19. The fourth-order valence-corrected chi connectivity index (χ4v) is 3.93. The zero-order chi connectivity index (χ0) is 16.4. The molecule has 3 heterocycles. The van der Waals surface area contributed by atoms with Gasteiger partial charge in [-0.3, -0.25) is 4.57 Å². The Labute approximate surface area is 142 Å². The highest BCUT2D eigenvalue weighted by Gasteiger charge is 2.27. The predicted octanol–water partition coefficient (Wildman–Crippen LogP) is 3.24. The van der Waals surface area contributed by atoms with E-state index in [9.17, 15) is 5.11 Å². The van der Waals surface area contributed by atoms with Crippen molar-refractivity contribution in [1.82, 2.24) is 14.5 Å². The molecule has 0 spiro atoms. The summed E-state index contributed by atoms with van der Waals surface area (Å²) in [5, 5.41) is 13.0. The van der Waals surface area contributed by atoms with Crippen LogP contribution in [0, 0.1) is 0 Å². The molecule has 24 heavy (non-hydrogen) atoms. The lowest BCUT2D eigenvalue weighted by atomic mass is 10.1. The van der Waals surface area contributed by atoms with Crippen molar-refractivity contribution in [1.29, 1.82) is 0 Å². The van der Waals surface area contributed by atoms with Crippen molar-refractivity contribution in [2.75, 3.05) is 11.9 Å². The molecule has 4 rings (SSSR count). The summed E-state index contributed by atoms with van der Waals surface area (Å²) < 4.78 is 7.89. The van der Waals surface area contributed by atoms with Crippen LogP contribution in [0.2, 0.25) is 0 Å². The van der Waals surface area contributed by atoms with Gasteiger partial charge in [-0.2, -0.15) is 0 Å². The molecule has 0 unspecified atom stereocenters. The maximum Gasteiger partial charge on any atom is 0.164 e. The summed E-state index contributed by atoms with van der Waals surface area (Å²) in [7, 11) is 0. The third-order valence-electron chi connectivity index (χ3n) is 5.27. The van der Waals surface area contributed by atoms with Crippen LogP contribution in [0.15, 0.2) is 18.6 Å². The molecule has 1 saturated carbocycles. The smallest absolute Gasteiger partial charge is 0.164 e. The Hall–Kier alpha value is -1.66. The van der Waals surface area contributed by atoms with Gasteiger partial charge in [0.2, 0.25) is 0 Å². The number of hydrogen-bond donors (Lipinski definition) is 2. The maximum atomic E-state index is 9.27. The molecule has 0 aromatic carbocycles. The zero-order valence-electron chi connectivity index (χ0n) is 14.0. The first kappa shape index (κ1) is 15.8. The van der Waals surface area contributed by atoms with Crippen molar-refractivity contribution in [3.8, 4) is 0 Å². The van der Waals surface area contributed by atoms with Crippen LogP contribution in [0.5, 0.6) is 0 Å². The number of fused-ring (bicyclic) bond motifs is 1. The molecule has 2 atom stereocenters. The highest BCUT2D eigenvalue weighted by Crippen LogP contribution is 2.32. The van der Waals surface area contributed by atoms with Crippen molar-refractivity contribution in [3.05, 3.63) is 18.6 Å². The normalized spacial score (nSPS) is 25.9. The molecular weight excluding hydrogens is 304 g/mol. The second-order valence-electron chi connectivity index (χ2n) is 6.99. The molecular formula is C18H26N4O2. The second-order valence-corrected chi connectivity index (χ2v) is 6.99. The van der Waals surface area contributed by atoms with Gasteiger partial charge >= 0.3 is 0 Å². The van der Waals surface area contributed by atoms with Crippen molar-refractivity contribution in [2.45, 2.75) is 69.7 Å². The van der Waals surface area contributed by atoms with Crippen LogP contribution in [0.4, 0.5) is 5.69 Å². The first-order chi connectivity index (χ1) is 11.8. The van der Waals surface area contributed by atoms with Gasteiger partial charge in [-0.1, -0.05) is 25.7 Å². The molecule has 0 bridgehead atoms. The van der Waals surface area contributed by atoms with Crippen LogP contribution in [-0.4, -0.2) is 38.4 Å². The van der Waals surface area contributed by atoms with Gasteiger partial charge in [-0.15, -0.1) is 0 Å². The van der Waals surface area contributed by atoms with E-state index in [0.29, 0.717) is 6.04 Å². The average molecular weight is 330 g/mol. The standard InChI is InChI=1S/C18H26N4O2/c23-11-14-7-8-16(24-14)22-12-20-17-15(9-10-19-18(17)22)21-13-5-3-1-2-4-6-13/h9-10,12-14,16,23H,1-8,11H2,(H,19,21)/t14-,16+/m0/s1. The van der Waals surface area contributed by atoms with E-state index in [2.05, 4.69) is 15.3 Å². The third-order valence-corrected chi connectivity index (χ3v) is 5.27. The SMILES string of the molecule is OC[C@@H]1CC[C@H](n2cnc3c(NC4CCCCCC4)ccnc32)O1. The van der Waals surface area contributed by atoms with E-state index in [1.54, 1.807) is 0 Å². The minimum Gasteiger partial charge on any atom is -0.394 e. The van der Waals surface area contributed by atoms with Crippen molar-refractivity contribution < 1.29 is 9.84 Å². The summed E-state index contributed by atoms with van der Waals surface area (Å²) in [6.07, 6.45) is 13.1. The molecule has 0 amide bonds. The van der Waals surface area contributed by atoms with E-state index in [4.69, 9.17) is 4.74 Å². The van der Waals surface area contributed by atoms with Gasteiger partial charge in [0.15, 0.2) is 5.65 Å². The van der Waals surface area contributed by atoms with E-state index in [1.165, 1.54) is 38.5 Å². The van der Waals surface area contributed by atoms with Crippen molar-refractivity contribution >= 4 is 16.9 Å². The Kier molecular flexibility index (Phi) is 4.67. The van der Waals surface area contributed by atoms with Crippen molar-refractivity contribution in [3.63, 3.8) is 0 Å². The molecule has 1 saturated heterocycles. The van der Waals surface area contributed by atoms with Gasteiger partial charge in [0.25, 0.3) is 0 Å². The number of aliphatic hydroxyl groups is 1. The molecule has 0 radical (unpaired) electrons. The summed E-state index contributed by atoms with van der Waals surface area (Å²) in [6.45, 7) is 0.0744. The Morgan fingerprint density at radius 3 is 2.71 bits per heavy atom. The maximum absolute atomic E-state index is 9.27. The largest absolute Gasteiger partial charge is 0.394 e. The lowest BCUT2D eigenvalue weighted by Gasteiger charge is -2.18. The van der Waals surface area contributed by atoms with Gasteiger partial charge in [-0.05, 0) is 31.7 Å². The van der Waals surface area contributed by atoms with E-state index in [-0.39, 0.29) is 18.9 Å². The number of anilines is 1. The minimum absolute atomic E-state index is 0.0697. The van der Waals surface area contributed by atoms with E-state index >= 15 is 0 Å². The van der Waals surface area contributed by atoms with Crippen LogP contribution in [0.25, 0.3) is 11.2 Å². The Morgan fingerprint density at radius 1 is 1.12 bits per heavy atom. The summed E-state index contributed by atoms with van der Waals surface area (Å²) >= 11 is 0. The molecule has 130 valence electrons. The number of pyridine rings is 1. The molecule has 2 aromatic rings. The third kappa shape index (κ3) is 3.13. The van der Waals surface area contributed by atoms with Gasteiger partial charge in [0.05, 0.1) is 24.7 Å². The van der Waals surface area contributed by atoms with E-state index in [0.717, 1.165) is 29.7 Å². The first-order valence-electron chi connectivity index (χ1n) is 9.19. The predicted molar refractivity (Wildman–Crippen MR) is 92.9 cm³/mol. The highest BCUT2D eigenvalue weighted by molar-refractivity contribution is 5.85. The lowest BCUT2D eigenvalue weighted by molar-refractivity contribution is -0.0207. The van der Waals surface area contributed by atoms with Crippen LogP contribution >= 0.6 is 0 Å². The zero-order valence-corrected chi connectivity index (χ0v) is 14.0. The Balaban J connectivity index is 1.57. The van der Waals surface area contributed by atoms with Gasteiger partial charge in [0, 0.05) is 12.2 Å². The quantitative estimate of drug-likeness (QED) is 0.842. The number of nitrogens with zero attached hydrogens (tertiary/aromatic N) is 3. The van der Waals surface area contributed by atoms with Crippen molar-refractivity contribution in [2.24, 2.45) is 0 Å². The highest BCUT2D eigenvalue weighted by atomic mass is 16.5. The fraction of sp³-hybridized carbons (Fsp3) is 0.667. The van der Waals surface area contributed by atoms with Crippen LogP contribution < -0.4 is 5.32 Å². The molecule has 6 heteroatoms. The molecule has 1 aliphatic carbocycles. The molecule has 2 fully saturated rings. The molecule has 2 aromatic heterocycles. The molecule has 2 N–H and O–H groups in total. The summed E-state index contributed by atoms with van der Waals surface area (Å²) in [5.74, 6) is 0. The Bertz CT molecular complexity index is 679.